The summed E-state index contributed by atoms with van der Waals surface area (Å²) in [5, 5.41) is 8.41. The Balaban J connectivity index is 1.12. The van der Waals surface area contributed by atoms with Crippen LogP contribution in [-0.2, 0) is 4.79 Å². The lowest BCUT2D eigenvalue weighted by atomic mass is 9.95. The van der Waals surface area contributed by atoms with Gasteiger partial charge in [-0.1, -0.05) is 23.3 Å². The molecule has 2 saturated heterocycles. The highest BCUT2D eigenvalue weighted by Crippen LogP contribution is 2.27. The molecule has 0 bridgehead atoms. The van der Waals surface area contributed by atoms with Crippen molar-refractivity contribution < 1.29 is 13.9 Å². The molecular weight excluding hydrogens is 418 g/mol. The zero-order valence-electron chi connectivity index (χ0n) is 18.9. The molecule has 0 radical (unpaired) electrons. The van der Waals surface area contributed by atoms with E-state index in [2.05, 4.69) is 32.1 Å². The number of piperidine rings is 1. The first-order chi connectivity index (χ1) is 16.2. The van der Waals surface area contributed by atoms with Crippen LogP contribution >= 0.6 is 0 Å². The summed E-state index contributed by atoms with van der Waals surface area (Å²) in [6.07, 6.45) is 1.61. The predicted octanol–water partition coefficient (Wildman–Crippen LogP) is 3.31. The summed E-state index contributed by atoms with van der Waals surface area (Å²) < 4.78 is 11.1. The standard InChI is InChI=1S/C25H29N5O3/c1-32-22-9-7-21(8-10-22)28-15-17-29(18-16-28)24(31)20-11-13-30(14-12-20)25-27-26-23(33-25)19-5-3-2-4-6-19/h2-10,20H,11-18H2,1H3. The lowest BCUT2D eigenvalue weighted by molar-refractivity contribution is -0.136. The Morgan fingerprint density at radius 1 is 0.879 bits per heavy atom. The van der Waals surface area contributed by atoms with Crippen LogP contribution < -0.4 is 14.5 Å². The van der Waals surface area contributed by atoms with Crippen LogP contribution in [0.25, 0.3) is 11.5 Å². The van der Waals surface area contributed by atoms with Crippen LogP contribution in [0.5, 0.6) is 5.75 Å². The molecule has 172 valence electrons. The molecule has 1 aromatic heterocycles. The van der Waals surface area contributed by atoms with Crippen LogP contribution in [0.2, 0.25) is 0 Å². The topological polar surface area (TPSA) is 74.9 Å². The minimum absolute atomic E-state index is 0.0605. The molecule has 2 aliphatic heterocycles. The number of hydrogen-bond acceptors (Lipinski definition) is 7. The Morgan fingerprint density at radius 3 is 2.24 bits per heavy atom. The van der Waals surface area contributed by atoms with Crippen LogP contribution in [0.1, 0.15) is 12.8 Å². The Bertz CT molecular complexity index is 1050. The molecule has 0 saturated carbocycles. The maximum atomic E-state index is 13.1. The molecule has 0 atom stereocenters. The highest BCUT2D eigenvalue weighted by molar-refractivity contribution is 5.79. The average Bonchev–Trinajstić information content (AvgIpc) is 3.40. The number of rotatable bonds is 5. The summed E-state index contributed by atoms with van der Waals surface area (Å²) in [6, 6.07) is 18.4. The maximum absolute atomic E-state index is 13.1. The zero-order valence-corrected chi connectivity index (χ0v) is 18.9. The molecule has 8 nitrogen and oxygen atoms in total. The molecule has 5 rings (SSSR count). The van der Waals surface area contributed by atoms with Crippen LogP contribution in [0, 0.1) is 5.92 Å². The van der Waals surface area contributed by atoms with E-state index in [1.807, 2.05) is 47.4 Å². The highest BCUT2D eigenvalue weighted by atomic mass is 16.5. The van der Waals surface area contributed by atoms with Gasteiger partial charge >= 0.3 is 6.01 Å². The number of piperazine rings is 1. The van der Waals surface area contributed by atoms with Crippen molar-refractivity contribution in [3.8, 4) is 17.2 Å². The lowest BCUT2D eigenvalue weighted by Gasteiger charge is -2.39. The van der Waals surface area contributed by atoms with Crippen molar-refractivity contribution in [1.29, 1.82) is 0 Å². The van der Waals surface area contributed by atoms with Gasteiger partial charge in [-0.25, -0.2) is 0 Å². The average molecular weight is 448 g/mol. The third kappa shape index (κ3) is 4.65. The second-order valence-electron chi connectivity index (χ2n) is 8.53. The number of aromatic nitrogens is 2. The van der Waals surface area contributed by atoms with E-state index in [-0.39, 0.29) is 11.8 Å². The summed E-state index contributed by atoms with van der Waals surface area (Å²) in [7, 11) is 1.67. The number of carbonyl (C=O) groups excluding carboxylic acids is 1. The van der Waals surface area contributed by atoms with Crippen LogP contribution in [0.4, 0.5) is 11.7 Å². The smallest absolute Gasteiger partial charge is 0.318 e. The number of nitrogens with zero attached hydrogens (tertiary/aromatic N) is 5. The van der Waals surface area contributed by atoms with Gasteiger partial charge in [0.1, 0.15) is 5.75 Å². The van der Waals surface area contributed by atoms with Gasteiger partial charge in [-0.2, -0.15) is 0 Å². The van der Waals surface area contributed by atoms with E-state index in [9.17, 15) is 4.79 Å². The molecular formula is C25H29N5O3. The van der Waals surface area contributed by atoms with E-state index in [4.69, 9.17) is 9.15 Å². The molecule has 0 N–H and O–H groups in total. The maximum Gasteiger partial charge on any atom is 0.318 e. The Hall–Kier alpha value is -3.55. The van der Waals surface area contributed by atoms with Crippen LogP contribution in [-0.4, -0.2) is 67.4 Å². The van der Waals surface area contributed by atoms with Crippen LogP contribution in [0.15, 0.2) is 59.0 Å². The summed E-state index contributed by atoms with van der Waals surface area (Å²) in [5.41, 5.74) is 2.08. The van der Waals surface area contributed by atoms with E-state index in [1.165, 1.54) is 5.69 Å². The Kier molecular flexibility index (Phi) is 6.15. The summed E-state index contributed by atoms with van der Waals surface area (Å²) >= 11 is 0. The van der Waals surface area contributed by atoms with Gasteiger partial charge < -0.3 is 23.9 Å². The minimum Gasteiger partial charge on any atom is -0.497 e. The molecule has 1 amide bonds. The monoisotopic (exact) mass is 447 g/mol. The van der Waals surface area contributed by atoms with Gasteiger partial charge in [-0.15, -0.1) is 5.10 Å². The normalized spacial score (nSPS) is 17.3. The second-order valence-corrected chi connectivity index (χ2v) is 8.53. The molecule has 0 spiro atoms. The first-order valence-corrected chi connectivity index (χ1v) is 11.5. The van der Waals surface area contributed by atoms with Crippen molar-refractivity contribution in [2.24, 2.45) is 5.92 Å². The fourth-order valence-electron chi connectivity index (χ4n) is 4.59. The molecule has 2 aromatic carbocycles. The number of carbonyl (C=O) groups is 1. The molecule has 3 aromatic rings. The molecule has 8 heteroatoms. The fourth-order valence-corrected chi connectivity index (χ4v) is 4.59. The Morgan fingerprint density at radius 2 is 1.58 bits per heavy atom. The van der Waals surface area contributed by atoms with Gasteiger partial charge in [-0.3, -0.25) is 4.79 Å². The van der Waals surface area contributed by atoms with Gasteiger partial charge in [-0.05, 0) is 49.2 Å². The predicted molar refractivity (Wildman–Crippen MR) is 126 cm³/mol. The van der Waals surface area contributed by atoms with Crippen molar-refractivity contribution in [2.45, 2.75) is 12.8 Å². The van der Waals surface area contributed by atoms with Crippen LogP contribution in [0.3, 0.4) is 0 Å². The van der Waals surface area contributed by atoms with Crippen molar-refractivity contribution in [3.63, 3.8) is 0 Å². The number of amides is 1. The SMILES string of the molecule is COc1ccc(N2CCN(C(=O)C3CCN(c4nnc(-c5ccccc5)o4)CC3)CC2)cc1. The van der Waals surface area contributed by atoms with E-state index in [0.717, 1.165) is 63.4 Å². The second kappa shape index (κ2) is 9.52. The van der Waals surface area contributed by atoms with Gasteiger partial charge in [0.15, 0.2) is 0 Å². The number of anilines is 2. The third-order valence-corrected chi connectivity index (χ3v) is 6.58. The molecule has 0 unspecified atom stereocenters. The summed E-state index contributed by atoms with van der Waals surface area (Å²) in [5.74, 6) is 1.72. The van der Waals surface area contributed by atoms with Gasteiger partial charge in [0, 0.05) is 56.4 Å². The van der Waals surface area contributed by atoms with E-state index >= 15 is 0 Å². The molecule has 0 aliphatic carbocycles. The minimum atomic E-state index is 0.0605. The van der Waals surface area contributed by atoms with Crippen molar-refractivity contribution in [3.05, 3.63) is 54.6 Å². The lowest BCUT2D eigenvalue weighted by Crippen LogP contribution is -2.51. The number of benzene rings is 2. The zero-order chi connectivity index (χ0) is 22.6. The first-order valence-electron chi connectivity index (χ1n) is 11.5. The summed E-state index contributed by atoms with van der Waals surface area (Å²) in [6.45, 7) is 4.71. The first kappa shape index (κ1) is 21.3. The van der Waals surface area contributed by atoms with E-state index < -0.39 is 0 Å². The molecule has 33 heavy (non-hydrogen) atoms. The van der Waals surface area contributed by atoms with Crippen molar-refractivity contribution in [1.82, 2.24) is 15.1 Å². The Labute approximate surface area is 193 Å². The highest BCUT2D eigenvalue weighted by Gasteiger charge is 2.31. The third-order valence-electron chi connectivity index (χ3n) is 6.58. The van der Waals surface area contributed by atoms with Gasteiger partial charge in [0.2, 0.25) is 11.8 Å². The van der Waals surface area contributed by atoms with Crippen molar-refractivity contribution >= 4 is 17.6 Å². The fraction of sp³-hybridized carbons (Fsp3) is 0.400. The number of methoxy groups -OCH3 is 1. The summed E-state index contributed by atoms with van der Waals surface area (Å²) in [4.78, 5) is 19.6. The van der Waals surface area contributed by atoms with Crippen molar-refractivity contribution in [2.75, 3.05) is 56.2 Å². The number of ether oxygens (including phenoxy) is 1. The molecule has 2 aliphatic rings. The van der Waals surface area contributed by atoms with Gasteiger partial charge in [0.25, 0.3) is 0 Å². The quantitative estimate of drug-likeness (QED) is 0.594. The molecule has 2 fully saturated rings. The van der Waals surface area contributed by atoms with E-state index in [0.29, 0.717) is 11.9 Å². The molecule has 3 heterocycles. The number of hydrogen-bond donors (Lipinski definition) is 0. The van der Waals surface area contributed by atoms with Gasteiger partial charge in [0.05, 0.1) is 7.11 Å². The largest absolute Gasteiger partial charge is 0.497 e. The van der Waals surface area contributed by atoms with E-state index in [1.54, 1.807) is 7.11 Å².